The maximum Gasteiger partial charge on any atom is 0.119 e. The van der Waals surface area contributed by atoms with E-state index in [4.69, 9.17) is 22.1 Å². The van der Waals surface area contributed by atoms with Crippen molar-refractivity contribution in [2.75, 3.05) is 13.7 Å². The first kappa shape index (κ1) is 15.8. The second-order valence-electron chi connectivity index (χ2n) is 4.28. The van der Waals surface area contributed by atoms with Crippen LogP contribution in [0.2, 0.25) is 5.02 Å². The van der Waals surface area contributed by atoms with Gasteiger partial charge < -0.3 is 10.5 Å². The number of hydrogen-bond acceptors (Lipinski definition) is 3. The van der Waals surface area contributed by atoms with Crippen LogP contribution in [0.3, 0.4) is 0 Å². The van der Waals surface area contributed by atoms with E-state index in [9.17, 15) is 0 Å². The van der Waals surface area contributed by atoms with E-state index in [1.807, 2.05) is 42.5 Å². The molecule has 0 heterocycles. The summed E-state index contributed by atoms with van der Waals surface area (Å²) in [6, 6.07) is 13.7. The van der Waals surface area contributed by atoms with Crippen molar-refractivity contribution in [3.05, 3.63) is 58.6 Å². The molecule has 0 spiro atoms. The summed E-state index contributed by atoms with van der Waals surface area (Å²) < 4.78 is 5.28. The van der Waals surface area contributed by atoms with Gasteiger partial charge in [-0.15, -0.1) is 11.8 Å². The molecule has 0 saturated heterocycles. The van der Waals surface area contributed by atoms with Crippen molar-refractivity contribution in [1.82, 2.24) is 0 Å². The fraction of sp³-hybridized carbons (Fsp3) is 0.176. The summed E-state index contributed by atoms with van der Waals surface area (Å²) in [5, 5.41) is 0.744. The van der Waals surface area contributed by atoms with E-state index in [-0.39, 0.29) is 0 Å². The van der Waals surface area contributed by atoms with Crippen molar-refractivity contribution in [3.63, 3.8) is 0 Å². The molecule has 0 aliphatic heterocycles. The van der Waals surface area contributed by atoms with Crippen molar-refractivity contribution in [2.24, 2.45) is 5.73 Å². The Labute approximate surface area is 134 Å². The zero-order valence-electron chi connectivity index (χ0n) is 11.7. The maximum atomic E-state index is 6.00. The number of thioether (sulfide) groups is 1. The van der Waals surface area contributed by atoms with Gasteiger partial charge in [-0.2, -0.15) is 0 Å². The van der Waals surface area contributed by atoms with Crippen LogP contribution in [0.25, 0.3) is 0 Å². The Hall–Kier alpha value is -1.60. The Balaban J connectivity index is 2.20. The number of methoxy groups -OCH3 is 1. The van der Waals surface area contributed by atoms with Gasteiger partial charge in [0.2, 0.25) is 0 Å². The van der Waals surface area contributed by atoms with Crippen LogP contribution >= 0.6 is 23.4 Å². The van der Waals surface area contributed by atoms with Crippen LogP contribution in [0, 0.1) is 11.8 Å². The van der Waals surface area contributed by atoms with E-state index in [0.29, 0.717) is 6.54 Å². The van der Waals surface area contributed by atoms with E-state index in [1.165, 1.54) is 0 Å². The Bertz CT molecular complexity index is 676. The molecule has 2 N–H and O–H groups in total. The minimum Gasteiger partial charge on any atom is -0.497 e. The zero-order chi connectivity index (χ0) is 15.1. The molecule has 108 valence electrons. The van der Waals surface area contributed by atoms with Gasteiger partial charge in [0.05, 0.1) is 13.7 Å². The van der Waals surface area contributed by atoms with Crippen molar-refractivity contribution >= 4 is 23.4 Å². The average molecular weight is 318 g/mol. The maximum absolute atomic E-state index is 6.00. The Morgan fingerprint density at radius 2 is 2.10 bits per heavy atom. The van der Waals surface area contributed by atoms with Crippen LogP contribution in [-0.2, 0) is 5.75 Å². The fourth-order valence-corrected chi connectivity index (χ4v) is 3.00. The van der Waals surface area contributed by atoms with E-state index in [1.54, 1.807) is 18.9 Å². The van der Waals surface area contributed by atoms with Crippen LogP contribution in [0.1, 0.15) is 11.1 Å². The van der Waals surface area contributed by atoms with Crippen LogP contribution in [0.15, 0.2) is 47.4 Å². The monoisotopic (exact) mass is 317 g/mol. The number of hydrogen-bond donors (Lipinski definition) is 1. The average Bonchev–Trinajstić information content (AvgIpc) is 2.51. The van der Waals surface area contributed by atoms with Gasteiger partial charge in [-0.05, 0) is 42.0 Å². The normalized spacial score (nSPS) is 9.86. The predicted molar refractivity (Wildman–Crippen MR) is 89.9 cm³/mol. The topological polar surface area (TPSA) is 35.2 Å². The van der Waals surface area contributed by atoms with Gasteiger partial charge in [0.1, 0.15) is 5.75 Å². The minimum atomic E-state index is 0.354. The summed E-state index contributed by atoms with van der Waals surface area (Å²) in [6.07, 6.45) is 0. The number of benzene rings is 2. The lowest BCUT2D eigenvalue weighted by molar-refractivity contribution is 0.414. The highest BCUT2D eigenvalue weighted by molar-refractivity contribution is 7.98. The largest absolute Gasteiger partial charge is 0.497 e. The number of nitrogens with two attached hydrogens (primary N) is 1. The highest BCUT2D eigenvalue weighted by Gasteiger charge is 2.04. The fourth-order valence-electron chi connectivity index (χ4n) is 1.80. The molecule has 21 heavy (non-hydrogen) atoms. The lowest BCUT2D eigenvalue weighted by Crippen LogP contribution is -1.95. The van der Waals surface area contributed by atoms with Crippen molar-refractivity contribution in [2.45, 2.75) is 10.6 Å². The Kier molecular flexibility index (Phi) is 6.01. The molecule has 0 unspecified atom stereocenters. The smallest absolute Gasteiger partial charge is 0.119 e. The van der Waals surface area contributed by atoms with Crippen molar-refractivity contribution in [3.8, 4) is 17.6 Å². The molecule has 0 aliphatic rings. The van der Waals surface area contributed by atoms with Gasteiger partial charge in [0.15, 0.2) is 0 Å². The van der Waals surface area contributed by atoms with E-state index in [0.717, 1.165) is 32.5 Å². The van der Waals surface area contributed by atoms with Gasteiger partial charge in [0.25, 0.3) is 0 Å². The summed E-state index contributed by atoms with van der Waals surface area (Å²) in [5.74, 6) is 7.62. The van der Waals surface area contributed by atoms with E-state index < -0.39 is 0 Å². The molecule has 0 bridgehead atoms. The molecule has 0 radical (unpaired) electrons. The first-order chi connectivity index (χ1) is 10.2. The standard InChI is InChI=1S/C17H16ClNOS/c1-20-16-8-7-13(4-3-9-19)14(10-16)12-21-17-6-2-5-15(18)11-17/h2,5-8,10-11H,9,12,19H2,1H3. The Morgan fingerprint density at radius 3 is 2.81 bits per heavy atom. The molecule has 0 atom stereocenters. The molecule has 0 saturated carbocycles. The summed E-state index contributed by atoms with van der Waals surface area (Å²) in [7, 11) is 1.66. The molecule has 0 aliphatic carbocycles. The lowest BCUT2D eigenvalue weighted by atomic mass is 10.1. The first-order valence-electron chi connectivity index (χ1n) is 6.47. The predicted octanol–water partition coefficient (Wildman–Crippen LogP) is 3.95. The molecular weight excluding hydrogens is 302 g/mol. The Morgan fingerprint density at radius 1 is 1.24 bits per heavy atom. The molecule has 2 aromatic carbocycles. The van der Waals surface area contributed by atoms with E-state index >= 15 is 0 Å². The number of halogens is 1. The lowest BCUT2D eigenvalue weighted by Gasteiger charge is -2.08. The van der Waals surface area contributed by atoms with Crippen molar-refractivity contribution in [1.29, 1.82) is 0 Å². The molecule has 0 aromatic heterocycles. The zero-order valence-corrected chi connectivity index (χ0v) is 13.3. The molecule has 2 nitrogen and oxygen atoms in total. The molecule has 2 aromatic rings. The van der Waals surface area contributed by atoms with Crippen LogP contribution in [-0.4, -0.2) is 13.7 Å². The van der Waals surface area contributed by atoms with Crippen molar-refractivity contribution < 1.29 is 4.74 Å². The quantitative estimate of drug-likeness (QED) is 0.685. The third-order valence-corrected chi connectivity index (χ3v) is 4.11. The first-order valence-corrected chi connectivity index (χ1v) is 7.83. The minimum absolute atomic E-state index is 0.354. The summed E-state index contributed by atoms with van der Waals surface area (Å²) in [5.41, 5.74) is 7.55. The van der Waals surface area contributed by atoms with Gasteiger partial charge >= 0.3 is 0 Å². The van der Waals surface area contributed by atoms with E-state index in [2.05, 4.69) is 11.8 Å². The second kappa shape index (κ2) is 7.99. The molecule has 0 amide bonds. The van der Waals surface area contributed by atoms with Crippen LogP contribution in [0.5, 0.6) is 5.75 Å². The van der Waals surface area contributed by atoms with Gasteiger partial charge in [0, 0.05) is 21.2 Å². The highest BCUT2D eigenvalue weighted by atomic mass is 35.5. The van der Waals surface area contributed by atoms with Crippen LogP contribution < -0.4 is 10.5 Å². The molecule has 4 heteroatoms. The van der Waals surface area contributed by atoms with Gasteiger partial charge in [-0.1, -0.05) is 29.5 Å². The molecule has 2 rings (SSSR count). The summed E-state index contributed by atoms with van der Waals surface area (Å²) in [6.45, 7) is 0.354. The molecule has 0 fully saturated rings. The second-order valence-corrected chi connectivity index (χ2v) is 5.76. The number of ether oxygens (including phenoxy) is 1. The number of rotatable bonds is 4. The third-order valence-electron chi connectivity index (χ3n) is 2.83. The third kappa shape index (κ3) is 4.71. The van der Waals surface area contributed by atoms with Crippen LogP contribution in [0.4, 0.5) is 0 Å². The van der Waals surface area contributed by atoms with Gasteiger partial charge in [-0.25, -0.2) is 0 Å². The van der Waals surface area contributed by atoms with Gasteiger partial charge in [-0.3, -0.25) is 0 Å². The summed E-state index contributed by atoms with van der Waals surface area (Å²) in [4.78, 5) is 1.13. The highest BCUT2D eigenvalue weighted by Crippen LogP contribution is 2.28. The molecular formula is C17H16ClNOS. The SMILES string of the molecule is COc1ccc(C#CCN)c(CSc2cccc(Cl)c2)c1. The summed E-state index contributed by atoms with van der Waals surface area (Å²) >= 11 is 7.72.